The highest BCUT2D eigenvalue weighted by Gasteiger charge is 2.32. The van der Waals surface area contributed by atoms with E-state index in [0.717, 1.165) is 38.3 Å². The number of nitrogens with zero attached hydrogens (tertiary/aromatic N) is 3. The van der Waals surface area contributed by atoms with Gasteiger partial charge in [0.05, 0.1) is 5.56 Å². The van der Waals surface area contributed by atoms with E-state index in [1.165, 1.54) is 0 Å². The van der Waals surface area contributed by atoms with Gasteiger partial charge in [-0.25, -0.2) is 9.99 Å². The predicted octanol–water partition coefficient (Wildman–Crippen LogP) is 2.11. The lowest BCUT2D eigenvalue weighted by molar-refractivity contribution is -0.137. The topological polar surface area (TPSA) is 43.4 Å². The molecule has 0 unspecified atom stereocenters. The van der Waals surface area contributed by atoms with Crippen molar-refractivity contribution in [2.24, 2.45) is 0 Å². The molecule has 1 aliphatic rings. The second kappa shape index (κ2) is 6.48. The number of halogens is 3. The van der Waals surface area contributed by atoms with E-state index in [1.807, 2.05) is 19.0 Å². The van der Waals surface area contributed by atoms with Crippen LogP contribution in [0.15, 0.2) is 12.1 Å². The van der Waals surface area contributed by atoms with Gasteiger partial charge in [-0.2, -0.15) is 13.2 Å². The zero-order valence-corrected chi connectivity index (χ0v) is 12.2. The van der Waals surface area contributed by atoms with Gasteiger partial charge in [0.2, 0.25) is 0 Å². The Morgan fingerprint density at radius 1 is 1.14 bits per heavy atom. The number of hydrazine groups is 1. The van der Waals surface area contributed by atoms with Gasteiger partial charge in [-0.1, -0.05) is 0 Å². The molecule has 1 aromatic heterocycles. The average Bonchev–Trinajstić information content (AvgIpc) is 2.41. The molecule has 0 aliphatic carbocycles. The third kappa shape index (κ3) is 4.47. The largest absolute Gasteiger partial charge is 0.416 e. The molecule has 2 N–H and O–H groups in total. The molecule has 8 heteroatoms. The predicted molar refractivity (Wildman–Crippen MR) is 76.1 cm³/mol. The highest BCUT2D eigenvalue weighted by atomic mass is 19.4. The third-order valence-electron chi connectivity index (χ3n) is 3.29. The molecule has 0 spiro atoms. The minimum Gasteiger partial charge on any atom is -0.370 e. The second-order valence-corrected chi connectivity index (χ2v) is 5.06. The molecule has 1 saturated heterocycles. The van der Waals surface area contributed by atoms with Gasteiger partial charge in [0.25, 0.3) is 0 Å². The van der Waals surface area contributed by atoms with Crippen LogP contribution in [0.4, 0.5) is 24.8 Å². The summed E-state index contributed by atoms with van der Waals surface area (Å²) in [6.07, 6.45) is -4.38. The van der Waals surface area contributed by atoms with Crippen LogP contribution in [0.1, 0.15) is 12.5 Å². The van der Waals surface area contributed by atoms with E-state index in [4.69, 9.17) is 0 Å². The lowest BCUT2D eigenvalue weighted by atomic mass is 10.2. The van der Waals surface area contributed by atoms with Crippen LogP contribution in [0.5, 0.6) is 0 Å². The summed E-state index contributed by atoms with van der Waals surface area (Å²) in [6.45, 7) is 5.55. The standard InChI is InChI=1S/C13H20F3N5/c1-3-17-11-8-10(13(14,15)16)9-12(18-11)19-21-6-4-20(2)5-7-21/h8-9H,3-7H2,1-2H3,(H2,17,18,19). The molecule has 5 nitrogen and oxygen atoms in total. The first-order chi connectivity index (χ1) is 9.88. The van der Waals surface area contributed by atoms with Crippen molar-refractivity contribution in [1.82, 2.24) is 14.9 Å². The second-order valence-electron chi connectivity index (χ2n) is 5.06. The number of alkyl halides is 3. The van der Waals surface area contributed by atoms with E-state index in [-0.39, 0.29) is 11.6 Å². The number of likely N-dealkylation sites (N-methyl/N-ethyl adjacent to an activating group) is 1. The molecule has 0 aromatic carbocycles. The third-order valence-corrected chi connectivity index (χ3v) is 3.29. The SMILES string of the molecule is CCNc1cc(C(F)(F)F)cc(NN2CCN(C)CC2)n1. The van der Waals surface area contributed by atoms with E-state index in [1.54, 1.807) is 0 Å². The van der Waals surface area contributed by atoms with Crippen molar-refractivity contribution in [1.29, 1.82) is 0 Å². The Morgan fingerprint density at radius 2 is 1.76 bits per heavy atom. The Bertz CT molecular complexity index is 469. The van der Waals surface area contributed by atoms with Gasteiger partial charge in [0, 0.05) is 32.7 Å². The highest BCUT2D eigenvalue weighted by Crippen LogP contribution is 2.32. The number of nitrogens with one attached hydrogen (secondary N) is 2. The molecule has 0 radical (unpaired) electrons. The smallest absolute Gasteiger partial charge is 0.370 e. The van der Waals surface area contributed by atoms with Crippen molar-refractivity contribution in [3.05, 3.63) is 17.7 Å². The van der Waals surface area contributed by atoms with E-state index < -0.39 is 11.7 Å². The number of anilines is 2. The Labute approximate surface area is 122 Å². The maximum absolute atomic E-state index is 12.9. The summed E-state index contributed by atoms with van der Waals surface area (Å²) in [4.78, 5) is 6.34. The molecule has 0 saturated carbocycles. The molecule has 1 aliphatic heterocycles. The molecule has 1 aromatic rings. The molecule has 118 valence electrons. The lowest BCUT2D eigenvalue weighted by Gasteiger charge is -2.32. The summed E-state index contributed by atoms with van der Waals surface area (Å²) in [5.74, 6) is 0.439. The summed E-state index contributed by atoms with van der Waals surface area (Å²) in [5, 5.41) is 4.71. The molecule has 21 heavy (non-hydrogen) atoms. The van der Waals surface area contributed by atoms with Crippen molar-refractivity contribution < 1.29 is 13.2 Å². The van der Waals surface area contributed by atoms with Crippen LogP contribution in [0, 0.1) is 0 Å². The van der Waals surface area contributed by atoms with E-state index in [9.17, 15) is 13.2 Å². The van der Waals surface area contributed by atoms with Gasteiger partial charge < -0.3 is 15.6 Å². The lowest BCUT2D eigenvalue weighted by Crippen LogP contribution is -2.47. The van der Waals surface area contributed by atoms with Crippen LogP contribution in [-0.4, -0.2) is 54.7 Å². The number of piperazine rings is 1. The van der Waals surface area contributed by atoms with E-state index >= 15 is 0 Å². The minimum atomic E-state index is -4.38. The normalized spacial score (nSPS) is 17.8. The van der Waals surface area contributed by atoms with Crippen LogP contribution in [0.2, 0.25) is 0 Å². The molecule has 2 heterocycles. The molecule has 0 amide bonds. The number of rotatable bonds is 4. The number of aromatic nitrogens is 1. The minimum absolute atomic E-state index is 0.213. The van der Waals surface area contributed by atoms with Gasteiger partial charge in [-0.05, 0) is 26.1 Å². The van der Waals surface area contributed by atoms with Gasteiger partial charge in [0.15, 0.2) is 0 Å². The summed E-state index contributed by atoms with van der Waals surface area (Å²) in [6, 6.07) is 2.07. The molecule has 0 bridgehead atoms. The molecule has 0 atom stereocenters. The van der Waals surface area contributed by atoms with E-state index in [0.29, 0.717) is 6.54 Å². The summed E-state index contributed by atoms with van der Waals surface area (Å²) < 4.78 is 38.7. The van der Waals surface area contributed by atoms with Crippen molar-refractivity contribution in [3.8, 4) is 0 Å². The maximum Gasteiger partial charge on any atom is 0.416 e. The Hall–Kier alpha value is -1.54. The number of hydrogen-bond donors (Lipinski definition) is 2. The Balaban J connectivity index is 2.15. The van der Waals surface area contributed by atoms with Gasteiger partial charge >= 0.3 is 6.18 Å². The average molecular weight is 303 g/mol. The van der Waals surface area contributed by atoms with Gasteiger partial charge in [-0.3, -0.25) is 0 Å². The van der Waals surface area contributed by atoms with Crippen LogP contribution in [0.3, 0.4) is 0 Å². The Kier molecular flexibility index (Phi) is 4.89. The monoisotopic (exact) mass is 303 g/mol. The summed E-state index contributed by atoms with van der Waals surface area (Å²) in [7, 11) is 2.02. The van der Waals surface area contributed by atoms with Gasteiger partial charge in [0.1, 0.15) is 11.6 Å². The Morgan fingerprint density at radius 3 is 2.33 bits per heavy atom. The fourth-order valence-corrected chi connectivity index (χ4v) is 2.10. The zero-order chi connectivity index (χ0) is 15.5. The molecule has 2 rings (SSSR count). The summed E-state index contributed by atoms with van der Waals surface area (Å²) >= 11 is 0. The fourth-order valence-electron chi connectivity index (χ4n) is 2.10. The van der Waals surface area contributed by atoms with Crippen molar-refractivity contribution >= 4 is 11.6 Å². The molecule has 1 fully saturated rings. The maximum atomic E-state index is 12.9. The first-order valence-electron chi connectivity index (χ1n) is 6.92. The van der Waals surface area contributed by atoms with Crippen LogP contribution in [-0.2, 0) is 6.18 Å². The molecular formula is C13H20F3N5. The van der Waals surface area contributed by atoms with Crippen LogP contribution < -0.4 is 10.7 Å². The van der Waals surface area contributed by atoms with Crippen LogP contribution in [0.25, 0.3) is 0 Å². The summed E-state index contributed by atoms with van der Waals surface area (Å²) in [5.41, 5.74) is 2.26. The van der Waals surface area contributed by atoms with Crippen molar-refractivity contribution in [2.75, 3.05) is 50.5 Å². The number of hydrogen-bond acceptors (Lipinski definition) is 5. The molecular weight excluding hydrogens is 283 g/mol. The fraction of sp³-hybridized carbons (Fsp3) is 0.615. The first-order valence-corrected chi connectivity index (χ1v) is 6.92. The van der Waals surface area contributed by atoms with Crippen molar-refractivity contribution in [3.63, 3.8) is 0 Å². The highest BCUT2D eigenvalue weighted by molar-refractivity contribution is 5.49. The van der Waals surface area contributed by atoms with Crippen molar-refractivity contribution in [2.45, 2.75) is 13.1 Å². The zero-order valence-electron chi connectivity index (χ0n) is 12.2. The number of pyridine rings is 1. The first kappa shape index (κ1) is 15.8. The quantitative estimate of drug-likeness (QED) is 0.892. The van der Waals surface area contributed by atoms with E-state index in [2.05, 4.69) is 20.6 Å². The van der Waals surface area contributed by atoms with Crippen LogP contribution >= 0.6 is 0 Å². The van der Waals surface area contributed by atoms with Gasteiger partial charge in [-0.15, -0.1) is 0 Å².